The molecule has 1 fully saturated rings. The number of halogens is 1. The van der Waals surface area contributed by atoms with Gasteiger partial charge in [0.15, 0.2) is 0 Å². The highest BCUT2D eigenvalue weighted by Gasteiger charge is 2.13. The van der Waals surface area contributed by atoms with Crippen LogP contribution in [0.3, 0.4) is 0 Å². The molecule has 1 aromatic rings. The zero-order valence-corrected chi connectivity index (χ0v) is 9.50. The quantitative estimate of drug-likeness (QED) is 0.859. The molecule has 2 rings (SSSR count). The molecule has 1 aliphatic carbocycles. The summed E-state index contributed by atoms with van der Waals surface area (Å²) < 4.78 is 0. The Labute approximate surface area is 95.3 Å². The Morgan fingerprint density at radius 1 is 1.20 bits per heavy atom. The molecule has 0 aromatic carbocycles. The number of hydrogen-bond donors (Lipinski definition) is 1. The minimum Gasteiger partial charge on any atom is -0.354 e. The van der Waals surface area contributed by atoms with Crippen molar-refractivity contribution in [3.05, 3.63) is 17.4 Å². The standard InChI is InChI=1S/C11H16ClN3/c12-10-7-14-11(15-8-10)13-6-9-4-2-1-3-5-9/h7-9H,1-6H2,(H,13,14,15). The monoisotopic (exact) mass is 225 g/mol. The molecule has 0 unspecified atom stereocenters. The number of rotatable bonds is 3. The van der Waals surface area contributed by atoms with Crippen molar-refractivity contribution >= 4 is 17.5 Å². The van der Waals surface area contributed by atoms with Crippen LogP contribution in [0, 0.1) is 5.92 Å². The second-order valence-electron chi connectivity index (χ2n) is 4.11. The topological polar surface area (TPSA) is 37.8 Å². The lowest BCUT2D eigenvalue weighted by Crippen LogP contribution is -2.18. The summed E-state index contributed by atoms with van der Waals surface area (Å²) in [5.74, 6) is 1.48. The van der Waals surface area contributed by atoms with E-state index in [1.54, 1.807) is 12.4 Å². The fourth-order valence-corrected chi connectivity index (χ4v) is 2.13. The highest BCUT2D eigenvalue weighted by Crippen LogP contribution is 2.23. The Morgan fingerprint density at radius 3 is 2.53 bits per heavy atom. The van der Waals surface area contributed by atoms with Crippen LogP contribution < -0.4 is 5.32 Å². The van der Waals surface area contributed by atoms with Crippen molar-refractivity contribution in [2.75, 3.05) is 11.9 Å². The average Bonchev–Trinajstić information content (AvgIpc) is 2.30. The zero-order valence-electron chi connectivity index (χ0n) is 8.75. The molecule has 4 heteroatoms. The Balaban J connectivity index is 1.79. The van der Waals surface area contributed by atoms with E-state index in [1.807, 2.05) is 0 Å². The first-order chi connectivity index (χ1) is 7.34. The lowest BCUT2D eigenvalue weighted by Gasteiger charge is -2.21. The molecule has 1 N–H and O–H groups in total. The molecule has 0 atom stereocenters. The largest absolute Gasteiger partial charge is 0.354 e. The van der Waals surface area contributed by atoms with Gasteiger partial charge in [0.1, 0.15) is 0 Å². The Morgan fingerprint density at radius 2 is 1.87 bits per heavy atom. The number of hydrogen-bond acceptors (Lipinski definition) is 3. The molecule has 0 bridgehead atoms. The SMILES string of the molecule is Clc1cnc(NCC2CCCCC2)nc1. The molecule has 0 saturated heterocycles. The van der Waals surface area contributed by atoms with E-state index in [0.717, 1.165) is 12.5 Å². The summed E-state index contributed by atoms with van der Waals surface area (Å²) in [6.45, 7) is 0.988. The summed E-state index contributed by atoms with van der Waals surface area (Å²) in [6, 6.07) is 0. The van der Waals surface area contributed by atoms with Crippen LogP contribution in [0.2, 0.25) is 5.02 Å². The number of nitrogens with zero attached hydrogens (tertiary/aromatic N) is 2. The van der Waals surface area contributed by atoms with Crippen LogP contribution in [-0.4, -0.2) is 16.5 Å². The number of aromatic nitrogens is 2. The van der Waals surface area contributed by atoms with Crippen LogP contribution in [0.5, 0.6) is 0 Å². The molecule has 0 aliphatic heterocycles. The highest BCUT2D eigenvalue weighted by atomic mass is 35.5. The van der Waals surface area contributed by atoms with Crippen LogP contribution in [0.25, 0.3) is 0 Å². The van der Waals surface area contributed by atoms with Crippen LogP contribution in [0.1, 0.15) is 32.1 Å². The van der Waals surface area contributed by atoms with Gasteiger partial charge in [-0.1, -0.05) is 30.9 Å². The average molecular weight is 226 g/mol. The second-order valence-corrected chi connectivity index (χ2v) is 4.55. The van der Waals surface area contributed by atoms with E-state index in [2.05, 4.69) is 15.3 Å². The molecule has 0 amide bonds. The molecule has 82 valence electrons. The van der Waals surface area contributed by atoms with Crippen molar-refractivity contribution in [1.29, 1.82) is 0 Å². The van der Waals surface area contributed by atoms with Gasteiger partial charge in [-0.2, -0.15) is 0 Å². The minimum atomic E-state index is 0.582. The third-order valence-electron chi connectivity index (χ3n) is 2.89. The van der Waals surface area contributed by atoms with Crippen molar-refractivity contribution in [2.45, 2.75) is 32.1 Å². The van der Waals surface area contributed by atoms with Gasteiger partial charge in [0, 0.05) is 6.54 Å². The van der Waals surface area contributed by atoms with Gasteiger partial charge >= 0.3 is 0 Å². The molecule has 1 heterocycles. The minimum absolute atomic E-state index is 0.582. The van der Waals surface area contributed by atoms with Gasteiger partial charge in [-0.25, -0.2) is 9.97 Å². The molecule has 3 nitrogen and oxygen atoms in total. The lowest BCUT2D eigenvalue weighted by molar-refractivity contribution is 0.373. The predicted octanol–water partition coefficient (Wildman–Crippen LogP) is 3.12. The molecule has 15 heavy (non-hydrogen) atoms. The number of anilines is 1. The Bertz CT molecular complexity index is 293. The van der Waals surface area contributed by atoms with Crippen molar-refractivity contribution in [3.8, 4) is 0 Å². The van der Waals surface area contributed by atoms with Crippen LogP contribution >= 0.6 is 11.6 Å². The first-order valence-corrected chi connectivity index (χ1v) is 5.94. The van der Waals surface area contributed by atoms with Gasteiger partial charge < -0.3 is 5.32 Å². The molecule has 0 radical (unpaired) electrons. The lowest BCUT2D eigenvalue weighted by atomic mass is 9.89. The molecule has 1 saturated carbocycles. The van der Waals surface area contributed by atoms with E-state index in [9.17, 15) is 0 Å². The number of nitrogens with one attached hydrogen (secondary N) is 1. The van der Waals surface area contributed by atoms with E-state index in [1.165, 1.54) is 32.1 Å². The summed E-state index contributed by atoms with van der Waals surface area (Å²) >= 11 is 5.71. The van der Waals surface area contributed by atoms with Gasteiger partial charge in [-0.05, 0) is 18.8 Å². The summed E-state index contributed by atoms with van der Waals surface area (Å²) in [7, 11) is 0. The highest BCUT2D eigenvalue weighted by molar-refractivity contribution is 6.30. The van der Waals surface area contributed by atoms with Crippen LogP contribution in [0.4, 0.5) is 5.95 Å². The maximum Gasteiger partial charge on any atom is 0.222 e. The van der Waals surface area contributed by atoms with Gasteiger partial charge in [-0.3, -0.25) is 0 Å². The van der Waals surface area contributed by atoms with E-state index in [4.69, 9.17) is 11.6 Å². The van der Waals surface area contributed by atoms with Gasteiger partial charge in [0.05, 0.1) is 17.4 Å². The van der Waals surface area contributed by atoms with Crippen molar-refractivity contribution in [1.82, 2.24) is 9.97 Å². The predicted molar refractivity (Wildman–Crippen MR) is 62.1 cm³/mol. The van der Waals surface area contributed by atoms with Gasteiger partial charge in [0.25, 0.3) is 0 Å². The molecular formula is C11H16ClN3. The van der Waals surface area contributed by atoms with Gasteiger partial charge in [0.2, 0.25) is 5.95 Å². The van der Waals surface area contributed by atoms with E-state index in [0.29, 0.717) is 11.0 Å². The summed E-state index contributed by atoms with van der Waals surface area (Å²) in [6.07, 6.45) is 10.0. The van der Waals surface area contributed by atoms with Crippen molar-refractivity contribution in [3.63, 3.8) is 0 Å². The van der Waals surface area contributed by atoms with Crippen LogP contribution in [-0.2, 0) is 0 Å². The van der Waals surface area contributed by atoms with E-state index in [-0.39, 0.29) is 0 Å². The summed E-state index contributed by atoms with van der Waals surface area (Å²) in [4.78, 5) is 8.22. The summed E-state index contributed by atoms with van der Waals surface area (Å²) in [5, 5.41) is 3.84. The molecular weight excluding hydrogens is 210 g/mol. The Hall–Kier alpha value is -0.830. The molecule has 0 spiro atoms. The Kier molecular flexibility index (Phi) is 3.78. The van der Waals surface area contributed by atoms with Gasteiger partial charge in [-0.15, -0.1) is 0 Å². The second kappa shape index (κ2) is 5.31. The maximum absolute atomic E-state index is 5.71. The molecule has 1 aromatic heterocycles. The van der Waals surface area contributed by atoms with Crippen molar-refractivity contribution in [2.24, 2.45) is 5.92 Å². The third-order valence-corrected chi connectivity index (χ3v) is 3.09. The first-order valence-electron chi connectivity index (χ1n) is 5.56. The van der Waals surface area contributed by atoms with Crippen LogP contribution in [0.15, 0.2) is 12.4 Å². The third kappa shape index (κ3) is 3.34. The smallest absolute Gasteiger partial charge is 0.222 e. The van der Waals surface area contributed by atoms with Crippen molar-refractivity contribution < 1.29 is 0 Å². The zero-order chi connectivity index (χ0) is 10.5. The maximum atomic E-state index is 5.71. The van der Waals surface area contributed by atoms with E-state index >= 15 is 0 Å². The summed E-state index contributed by atoms with van der Waals surface area (Å²) in [5.41, 5.74) is 0. The molecule has 1 aliphatic rings. The fraction of sp³-hybridized carbons (Fsp3) is 0.636. The van der Waals surface area contributed by atoms with E-state index < -0.39 is 0 Å². The normalized spacial score (nSPS) is 17.7. The fourth-order valence-electron chi connectivity index (χ4n) is 2.03. The first kappa shape index (κ1) is 10.7.